The second-order valence-electron chi connectivity index (χ2n) is 5.55. The first-order chi connectivity index (χ1) is 13.3. The van der Waals surface area contributed by atoms with Crippen LogP contribution in [0.25, 0.3) is 6.08 Å². The minimum Gasteiger partial charge on any atom is -0.493 e. The van der Waals surface area contributed by atoms with Gasteiger partial charge in [0.25, 0.3) is 0 Å². The highest BCUT2D eigenvalue weighted by Gasteiger charge is 2.27. The van der Waals surface area contributed by atoms with Crippen LogP contribution in [0.5, 0.6) is 11.5 Å². The van der Waals surface area contributed by atoms with Crippen molar-refractivity contribution in [2.45, 2.75) is 6.92 Å². The van der Waals surface area contributed by atoms with Crippen molar-refractivity contribution in [1.82, 2.24) is 0 Å². The van der Waals surface area contributed by atoms with Gasteiger partial charge in [0.1, 0.15) is 0 Å². The number of cyclic esters (lactones) is 1. The van der Waals surface area contributed by atoms with E-state index in [-0.39, 0.29) is 22.2 Å². The van der Waals surface area contributed by atoms with Crippen molar-refractivity contribution in [2.24, 2.45) is 4.99 Å². The maximum absolute atomic E-state index is 13.5. The Labute approximate surface area is 172 Å². The van der Waals surface area contributed by atoms with Crippen LogP contribution in [0.3, 0.4) is 0 Å². The first kappa shape index (κ1) is 20.3. The molecule has 2 aromatic rings. The van der Waals surface area contributed by atoms with Crippen molar-refractivity contribution in [2.75, 3.05) is 13.7 Å². The molecule has 0 aliphatic carbocycles. The maximum Gasteiger partial charge on any atom is 0.363 e. The maximum atomic E-state index is 13.5. The molecule has 0 bridgehead atoms. The number of esters is 1. The van der Waals surface area contributed by atoms with E-state index in [1.807, 2.05) is 6.92 Å². The topological polar surface area (TPSA) is 57.1 Å². The fraction of sp³-hybridized carbons (Fsp3) is 0.158. The first-order valence-electron chi connectivity index (χ1n) is 8.01. The highest BCUT2D eigenvalue weighted by molar-refractivity contribution is 9.10. The van der Waals surface area contributed by atoms with Gasteiger partial charge in [0.2, 0.25) is 5.90 Å². The Balaban J connectivity index is 2.00. The van der Waals surface area contributed by atoms with E-state index in [1.54, 1.807) is 12.1 Å². The van der Waals surface area contributed by atoms with Gasteiger partial charge < -0.3 is 14.2 Å². The molecule has 0 atom stereocenters. The molecule has 0 fully saturated rings. The molecule has 1 aliphatic rings. The molecule has 28 heavy (non-hydrogen) atoms. The van der Waals surface area contributed by atoms with Crippen molar-refractivity contribution in [3.8, 4) is 11.5 Å². The molecule has 0 spiro atoms. The molecular formula is C19H13BrClF2NO4. The summed E-state index contributed by atoms with van der Waals surface area (Å²) in [6, 6.07) is 4.99. The molecule has 9 heteroatoms. The van der Waals surface area contributed by atoms with E-state index in [9.17, 15) is 13.6 Å². The van der Waals surface area contributed by atoms with E-state index in [4.69, 9.17) is 25.8 Å². The molecule has 0 unspecified atom stereocenters. The molecule has 3 rings (SSSR count). The minimum absolute atomic E-state index is 0.0252. The lowest BCUT2D eigenvalue weighted by Gasteiger charge is -2.12. The second kappa shape index (κ2) is 8.28. The van der Waals surface area contributed by atoms with Crippen molar-refractivity contribution in [3.05, 3.63) is 62.2 Å². The van der Waals surface area contributed by atoms with E-state index in [2.05, 4.69) is 20.9 Å². The van der Waals surface area contributed by atoms with Gasteiger partial charge in [0.15, 0.2) is 28.8 Å². The van der Waals surface area contributed by atoms with E-state index >= 15 is 0 Å². The van der Waals surface area contributed by atoms with Gasteiger partial charge in [0.05, 0.1) is 28.8 Å². The number of carbonyl (C=O) groups excluding carboxylic acids is 1. The van der Waals surface area contributed by atoms with Gasteiger partial charge >= 0.3 is 5.97 Å². The summed E-state index contributed by atoms with van der Waals surface area (Å²) in [6.45, 7) is 2.29. The van der Waals surface area contributed by atoms with Gasteiger partial charge in [-0.15, -0.1) is 0 Å². The summed E-state index contributed by atoms with van der Waals surface area (Å²) in [7, 11) is 1.49. The van der Waals surface area contributed by atoms with E-state index in [1.165, 1.54) is 13.2 Å². The van der Waals surface area contributed by atoms with Crippen LogP contribution in [-0.4, -0.2) is 25.6 Å². The number of hydrogen-bond acceptors (Lipinski definition) is 5. The zero-order chi connectivity index (χ0) is 20.4. The third-order valence-corrected chi connectivity index (χ3v) is 4.61. The third-order valence-electron chi connectivity index (χ3n) is 3.70. The van der Waals surface area contributed by atoms with E-state index < -0.39 is 17.6 Å². The molecule has 0 saturated carbocycles. The largest absolute Gasteiger partial charge is 0.493 e. The van der Waals surface area contributed by atoms with Gasteiger partial charge in [-0.25, -0.2) is 18.6 Å². The van der Waals surface area contributed by atoms with Gasteiger partial charge in [0, 0.05) is 0 Å². The summed E-state index contributed by atoms with van der Waals surface area (Å²) in [5, 5.41) is -0.128. The second-order valence-corrected chi connectivity index (χ2v) is 6.81. The number of benzene rings is 2. The van der Waals surface area contributed by atoms with Crippen molar-refractivity contribution >= 4 is 45.5 Å². The molecule has 146 valence electrons. The zero-order valence-corrected chi connectivity index (χ0v) is 17.0. The molecule has 0 N–H and O–H groups in total. The van der Waals surface area contributed by atoms with Crippen LogP contribution in [-0.2, 0) is 9.53 Å². The van der Waals surface area contributed by atoms with E-state index in [0.29, 0.717) is 28.1 Å². The van der Waals surface area contributed by atoms with Crippen molar-refractivity contribution in [3.63, 3.8) is 0 Å². The van der Waals surface area contributed by atoms with Crippen LogP contribution in [0, 0.1) is 11.6 Å². The number of rotatable bonds is 5. The summed E-state index contributed by atoms with van der Waals surface area (Å²) < 4.78 is 43.3. The summed E-state index contributed by atoms with van der Waals surface area (Å²) in [5.74, 6) is -2.21. The fourth-order valence-electron chi connectivity index (χ4n) is 2.48. The van der Waals surface area contributed by atoms with Crippen molar-refractivity contribution < 1.29 is 27.8 Å². The number of hydrogen-bond donors (Lipinski definition) is 0. The Kier molecular flexibility index (Phi) is 6.00. The zero-order valence-electron chi connectivity index (χ0n) is 14.7. The lowest BCUT2D eigenvalue weighted by Crippen LogP contribution is -2.07. The quantitative estimate of drug-likeness (QED) is 0.344. The first-order valence-corrected chi connectivity index (χ1v) is 9.19. The monoisotopic (exact) mass is 471 g/mol. The fourth-order valence-corrected chi connectivity index (χ4v) is 3.28. The summed E-state index contributed by atoms with van der Waals surface area (Å²) in [6.07, 6.45) is 1.46. The lowest BCUT2D eigenvalue weighted by molar-refractivity contribution is -0.129. The lowest BCUT2D eigenvalue weighted by atomic mass is 10.1. The molecule has 0 saturated heterocycles. The molecular weight excluding hydrogens is 460 g/mol. The van der Waals surface area contributed by atoms with E-state index in [0.717, 1.165) is 12.1 Å². The smallest absolute Gasteiger partial charge is 0.363 e. The SMILES string of the molecule is CCOc1c(Br)cc(C=C2N=C(c3cc(F)c(F)cc3Cl)OC2=O)cc1OC. The molecule has 1 aliphatic heterocycles. The van der Waals surface area contributed by atoms with Crippen LogP contribution in [0.2, 0.25) is 5.02 Å². The molecule has 1 heterocycles. The predicted octanol–water partition coefficient (Wildman–Crippen LogP) is 5.13. The Hall–Kier alpha value is -2.45. The molecule has 0 radical (unpaired) electrons. The Morgan fingerprint density at radius 1 is 1.25 bits per heavy atom. The standard InChI is InChI=1S/C19H13BrClF2NO4/c1-3-27-17-11(20)4-9(6-16(17)26-2)5-15-19(25)28-18(24-15)10-7-13(22)14(23)8-12(10)21/h4-8H,3H2,1-2H3. The number of aliphatic imine (C=N–C) groups is 1. The van der Waals surface area contributed by atoms with Crippen LogP contribution in [0.15, 0.2) is 39.4 Å². The third kappa shape index (κ3) is 4.02. The van der Waals surface area contributed by atoms with Gasteiger partial charge in [-0.3, -0.25) is 0 Å². The average Bonchev–Trinajstić information content (AvgIpc) is 3.00. The highest BCUT2D eigenvalue weighted by Crippen LogP contribution is 2.37. The Morgan fingerprint density at radius 2 is 1.96 bits per heavy atom. The number of nitrogens with zero attached hydrogens (tertiary/aromatic N) is 1. The number of ether oxygens (including phenoxy) is 3. The number of carbonyl (C=O) groups is 1. The van der Waals surface area contributed by atoms with Crippen LogP contribution in [0.1, 0.15) is 18.1 Å². The number of halogens is 4. The molecule has 2 aromatic carbocycles. The summed E-state index contributed by atoms with van der Waals surface area (Å²) >= 11 is 9.31. The van der Waals surface area contributed by atoms with Crippen LogP contribution in [0.4, 0.5) is 8.78 Å². The van der Waals surface area contributed by atoms with Gasteiger partial charge in [-0.05, 0) is 58.8 Å². The molecule has 0 amide bonds. The minimum atomic E-state index is -1.13. The Bertz CT molecular complexity index is 1020. The Morgan fingerprint density at radius 3 is 2.64 bits per heavy atom. The highest BCUT2D eigenvalue weighted by atomic mass is 79.9. The predicted molar refractivity (Wildman–Crippen MR) is 104 cm³/mol. The number of methoxy groups -OCH3 is 1. The van der Waals surface area contributed by atoms with Gasteiger partial charge in [-0.2, -0.15) is 0 Å². The summed E-state index contributed by atoms with van der Waals surface area (Å²) in [5.41, 5.74) is 0.525. The molecule has 0 aromatic heterocycles. The summed E-state index contributed by atoms with van der Waals surface area (Å²) in [4.78, 5) is 16.2. The van der Waals surface area contributed by atoms with Crippen LogP contribution < -0.4 is 9.47 Å². The normalized spacial score (nSPS) is 14.9. The van der Waals surface area contributed by atoms with Crippen molar-refractivity contribution in [1.29, 1.82) is 0 Å². The molecule has 5 nitrogen and oxygen atoms in total. The average molecular weight is 473 g/mol. The van der Waals surface area contributed by atoms with Crippen LogP contribution >= 0.6 is 27.5 Å². The van der Waals surface area contributed by atoms with Gasteiger partial charge in [-0.1, -0.05) is 11.6 Å².